The Balaban J connectivity index is 2.92. The van der Waals surface area contributed by atoms with Crippen LogP contribution in [0.5, 0.6) is 5.75 Å². The molecule has 0 radical (unpaired) electrons. The molecular weight excluding hydrogens is 230 g/mol. The van der Waals surface area contributed by atoms with Gasteiger partial charge in [0.25, 0.3) is 5.17 Å². The van der Waals surface area contributed by atoms with Gasteiger partial charge in [0, 0.05) is 13.1 Å². The van der Waals surface area contributed by atoms with E-state index in [1.54, 1.807) is 0 Å². The number of rotatable bonds is 3. The van der Waals surface area contributed by atoms with Crippen molar-refractivity contribution in [2.45, 2.75) is 34.6 Å². The van der Waals surface area contributed by atoms with Crippen molar-refractivity contribution >= 4 is 17.4 Å². The first kappa shape index (κ1) is 14.0. The average Bonchev–Trinajstić information content (AvgIpc) is 2.25. The Hall–Kier alpha value is -1.09. The molecule has 17 heavy (non-hydrogen) atoms. The van der Waals surface area contributed by atoms with Crippen molar-refractivity contribution in [2.24, 2.45) is 0 Å². The zero-order valence-electron chi connectivity index (χ0n) is 11.3. The molecule has 0 atom stereocenters. The molecule has 0 aromatic heterocycles. The van der Waals surface area contributed by atoms with Crippen molar-refractivity contribution in [2.75, 3.05) is 13.1 Å². The average molecular weight is 251 g/mol. The quantitative estimate of drug-likeness (QED) is 0.761. The molecule has 0 heterocycles. The van der Waals surface area contributed by atoms with Gasteiger partial charge in [-0.05, 0) is 58.0 Å². The first-order valence-electron chi connectivity index (χ1n) is 6.04. The predicted molar refractivity (Wildman–Crippen MR) is 76.8 cm³/mol. The summed E-state index contributed by atoms with van der Waals surface area (Å²) in [5.41, 5.74) is 3.52. The van der Waals surface area contributed by atoms with Crippen molar-refractivity contribution in [3.05, 3.63) is 28.8 Å². The summed E-state index contributed by atoms with van der Waals surface area (Å²) in [6.07, 6.45) is 0. The van der Waals surface area contributed by atoms with Crippen LogP contribution in [-0.2, 0) is 0 Å². The van der Waals surface area contributed by atoms with Crippen LogP contribution < -0.4 is 4.74 Å². The Bertz CT molecular complexity index is 388. The smallest absolute Gasteiger partial charge is 0.264 e. The minimum absolute atomic E-state index is 0.560. The molecule has 0 bridgehead atoms. The number of nitrogens with zero attached hydrogens (tertiary/aromatic N) is 1. The lowest BCUT2D eigenvalue weighted by atomic mass is 10.1. The highest BCUT2D eigenvalue weighted by Gasteiger charge is 2.11. The fourth-order valence-electron chi connectivity index (χ4n) is 1.96. The third-order valence-electron chi connectivity index (χ3n) is 2.82. The van der Waals surface area contributed by atoms with Crippen LogP contribution in [0.4, 0.5) is 0 Å². The van der Waals surface area contributed by atoms with E-state index in [4.69, 9.17) is 17.0 Å². The van der Waals surface area contributed by atoms with E-state index in [0.717, 1.165) is 30.0 Å². The Morgan fingerprint density at radius 3 is 2.00 bits per heavy atom. The molecule has 0 spiro atoms. The second kappa shape index (κ2) is 6.01. The van der Waals surface area contributed by atoms with Gasteiger partial charge >= 0.3 is 0 Å². The number of hydrogen-bond acceptors (Lipinski definition) is 2. The molecular formula is C14H21NOS. The van der Waals surface area contributed by atoms with Gasteiger partial charge < -0.3 is 9.64 Å². The molecule has 2 nitrogen and oxygen atoms in total. The predicted octanol–water partition coefficient (Wildman–Crippen LogP) is 3.62. The third kappa shape index (κ3) is 3.43. The van der Waals surface area contributed by atoms with Gasteiger partial charge in [0.2, 0.25) is 0 Å². The van der Waals surface area contributed by atoms with Crippen LogP contribution in [0.25, 0.3) is 0 Å². The number of benzene rings is 1. The fourth-order valence-corrected chi connectivity index (χ4v) is 2.30. The SMILES string of the molecule is CCN(CC)C(=S)Oc1c(C)cc(C)cc1C. The number of hydrogen-bond donors (Lipinski definition) is 0. The van der Waals surface area contributed by atoms with E-state index in [1.165, 1.54) is 5.56 Å². The third-order valence-corrected chi connectivity index (χ3v) is 3.16. The number of ether oxygens (including phenoxy) is 1. The van der Waals surface area contributed by atoms with E-state index >= 15 is 0 Å². The normalized spacial score (nSPS) is 10.2. The van der Waals surface area contributed by atoms with Gasteiger partial charge in [0.1, 0.15) is 5.75 Å². The zero-order valence-corrected chi connectivity index (χ0v) is 12.1. The molecule has 0 saturated carbocycles. The molecule has 0 fully saturated rings. The molecule has 1 aromatic rings. The first-order chi connectivity index (χ1) is 7.99. The Morgan fingerprint density at radius 1 is 1.12 bits per heavy atom. The lowest BCUT2D eigenvalue weighted by molar-refractivity contribution is 0.376. The molecule has 1 rings (SSSR count). The van der Waals surface area contributed by atoms with Crippen LogP contribution in [0.2, 0.25) is 0 Å². The monoisotopic (exact) mass is 251 g/mol. The van der Waals surface area contributed by atoms with Crippen LogP contribution in [0.1, 0.15) is 30.5 Å². The standard InChI is InChI=1S/C14H21NOS/c1-6-15(7-2)14(17)16-13-11(4)8-10(3)9-12(13)5/h8-9H,6-7H2,1-5H3. The minimum Gasteiger partial charge on any atom is -0.431 e. The van der Waals surface area contributed by atoms with Gasteiger partial charge in [-0.1, -0.05) is 17.7 Å². The lowest BCUT2D eigenvalue weighted by Gasteiger charge is -2.22. The maximum atomic E-state index is 5.83. The van der Waals surface area contributed by atoms with E-state index in [-0.39, 0.29) is 0 Å². The number of aryl methyl sites for hydroxylation is 3. The summed E-state index contributed by atoms with van der Waals surface area (Å²) in [6, 6.07) is 4.24. The van der Waals surface area contributed by atoms with Crippen molar-refractivity contribution in [3.63, 3.8) is 0 Å². The summed E-state index contributed by atoms with van der Waals surface area (Å²) in [4.78, 5) is 2.04. The molecule has 0 aliphatic carbocycles. The molecule has 0 aliphatic heterocycles. The summed E-state index contributed by atoms with van der Waals surface area (Å²) >= 11 is 5.31. The van der Waals surface area contributed by atoms with Crippen molar-refractivity contribution in [1.29, 1.82) is 0 Å². The van der Waals surface area contributed by atoms with E-state index in [0.29, 0.717) is 5.17 Å². The second-order valence-electron chi connectivity index (χ2n) is 4.27. The van der Waals surface area contributed by atoms with Crippen LogP contribution >= 0.6 is 12.2 Å². The van der Waals surface area contributed by atoms with E-state index in [2.05, 4.69) is 46.8 Å². The summed E-state index contributed by atoms with van der Waals surface area (Å²) in [6.45, 7) is 12.1. The van der Waals surface area contributed by atoms with E-state index in [9.17, 15) is 0 Å². The van der Waals surface area contributed by atoms with Gasteiger partial charge in [0.15, 0.2) is 0 Å². The summed E-state index contributed by atoms with van der Waals surface area (Å²) in [5.74, 6) is 0.896. The lowest BCUT2D eigenvalue weighted by Crippen LogP contribution is -2.33. The van der Waals surface area contributed by atoms with E-state index < -0.39 is 0 Å². The molecule has 1 aromatic carbocycles. The molecule has 0 aliphatic rings. The Kier molecular flexibility index (Phi) is 4.94. The highest BCUT2D eigenvalue weighted by atomic mass is 32.1. The van der Waals surface area contributed by atoms with Gasteiger partial charge in [-0.3, -0.25) is 0 Å². The largest absolute Gasteiger partial charge is 0.431 e. The fraction of sp³-hybridized carbons (Fsp3) is 0.500. The topological polar surface area (TPSA) is 12.5 Å². The highest BCUT2D eigenvalue weighted by molar-refractivity contribution is 7.80. The number of thiocarbonyl (C=S) groups is 1. The van der Waals surface area contributed by atoms with Crippen LogP contribution in [-0.4, -0.2) is 23.2 Å². The summed E-state index contributed by atoms with van der Waals surface area (Å²) in [5, 5.41) is 0.560. The van der Waals surface area contributed by atoms with Crippen molar-refractivity contribution < 1.29 is 4.74 Å². The molecule has 0 N–H and O–H groups in total. The molecule has 0 amide bonds. The van der Waals surface area contributed by atoms with Crippen molar-refractivity contribution in [3.8, 4) is 5.75 Å². The maximum absolute atomic E-state index is 5.83. The maximum Gasteiger partial charge on any atom is 0.264 e. The van der Waals surface area contributed by atoms with Gasteiger partial charge in [-0.15, -0.1) is 0 Å². The highest BCUT2D eigenvalue weighted by Crippen LogP contribution is 2.25. The molecule has 3 heteroatoms. The first-order valence-corrected chi connectivity index (χ1v) is 6.45. The molecule has 0 unspecified atom stereocenters. The minimum atomic E-state index is 0.560. The Labute approximate surface area is 110 Å². The summed E-state index contributed by atoms with van der Waals surface area (Å²) in [7, 11) is 0. The molecule has 0 saturated heterocycles. The van der Waals surface area contributed by atoms with Gasteiger partial charge in [0.05, 0.1) is 0 Å². The Morgan fingerprint density at radius 2 is 1.59 bits per heavy atom. The molecule has 94 valence electrons. The van der Waals surface area contributed by atoms with Crippen LogP contribution in [0.3, 0.4) is 0 Å². The van der Waals surface area contributed by atoms with Crippen molar-refractivity contribution in [1.82, 2.24) is 4.90 Å². The summed E-state index contributed by atoms with van der Waals surface area (Å²) < 4.78 is 5.83. The van der Waals surface area contributed by atoms with Crippen LogP contribution in [0, 0.1) is 20.8 Å². The van der Waals surface area contributed by atoms with Crippen LogP contribution in [0.15, 0.2) is 12.1 Å². The van der Waals surface area contributed by atoms with Gasteiger partial charge in [-0.25, -0.2) is 0 Å². The second-order valence-corrected chi connectivity index (χ2v) is 4.62. The zero-order chi connectivity index (χ0) is 13.0. The van der Waals surface area contributed by atoms with E-state index in [1.807, 2.05) is 4.90 Å². The van der Waals surface area contributed by atoms with Gasteiger partial charge in [-0.2, -0.15) is 0 Å².